The number of phenolic OH excluding ortho intramolecular Hbond substituents is 1. The van der Waals surface area contributed by atoms with Gasteiger partial charge in [0.1, 0.15) is 12.4 Å². The van der Waals surface area contributed by atoms with E-state index in [-0.39, 0.29) is 16.4 Å². The fourth-order valence-corrected chi connectivity index (χ4v) is 3.74. The average molecular weight is 442 g/mol. The van der Waals surface area contributed by atoms with Crippen molar-refractivity contribution in [1.82, 2.24) is 4.90 Å². The summed E-state index contributed by atoms with van der Waals surface area (Å²) in [7, 11) is 1.41. The molecule has 1 fully saturated rings. The normalized spacial score (nSPS) is 14.8. The predicted molar refractivity (Wildman–Crippen MR) is 116 cm³/mol. The molecule has 2 aromatic carbocycles. The number of thioether (sulfide) groups is 1. The molecule has 3 rings (SSSR count). The molecule has 7 nitrogen and oxygen atoms in total. The minimum atomic E-state index is -0.610. The van der Waals surface area contributed by atoms with Crippen molar-refractivity contribution in [3.8, 4) is 11.5 Å². The molecular formula is C22H19FN2O5S. The zero-order valence-corrected chi connectivity index (χ0v) is 17.4. The zero-order valence-electron chi connectivity index (χ0n) is 16.6. The number of aromatic hydroxyl groups is 1. The Kier molecular flexibility index (Phi) is 6.76. The highest BCUT2D eigenvalue weighted by Crippen LogP contribution is 2.36. The van der Waals surface area contributed by atoms with Crippen LogP contribution in [-0.2, 0) is 16.0 Å². The third kappa shape index (κ3) is 5.13. The molecule has 0 bridgehead atoms. The van der Waals surface area contributed by atoms with Crippen LogP contribution in [0.5, 0.6) is 11.5 Å². The SMILES string of the molecule is C=CCc1cc(/C=C2\SC(=O)N(CC(=O)Nc3ccc(F)cc3)C2=O)cc(OC)c1O. The van der Waals surface area contributed by atoms with Gasteiger partial charge in [-0.1, -0.05) is 6.08 Å². The number of allylic oxidation sites excluding steroid dienone is 1. The van der Waals surface area contributed by atoms with E-state index in [1.54, 1.807) is 12.1 Å². The van der Waals surface area contributed by atoms with Gasteiger partial charge in [-0.15, -0.1) is 6.58 Å². The van der Waals surface area contributed by atoms with E-state index in [9.17, 15) is 23.9 Å². The summed E-state index contributed by atoms with van der Waals surface area (Å²) in [5.74, 6) is -1.44. The van der Waals surface area contributed by atoms with Gasteiger partial charge in [-0.25, -0.2) is 4.39 Å². The molecule has 31 heavy (non-hydrogen) atoms. The van der Waals surface area contributed by atoms with Crippen molar-refractivity contribution in [3.05, 3.63) is 70.9 Å². The number of nitrogens with zero attached hydrogens (tertiary/aromatic N) is 1. The third-order valence-corrected chi connectivity index (χ3v) is 5.27. The molecule has 2 N–H and O–H groups in total. The molecule has 0 saturated carbocycles. The van der Waals surface area contributed by atoms with Gasteiger partial charge in [0.05, 0.1) is 12.0 Å². The molecular weight excluding hydrogens is 423 g/mol. The predicted octanol–water partition coefficient (Wildman–Crippen LogP) is 3.94. The Hall–Kier alpha value is -3.59. The number of halogens is 1. The lowest BCUT2D eigenvalue weighted by Gasteiger charge is -2.12. The van der Waals surface area contributed by atoms with Crippen molar-refractivity contribution in [3.63, 3.8) is 0 Å². The van der Waals surface area contributed by atoms with E-state index in [1.165, 1.54) is 43.5 Å². The van der Waals surface area contributed by atoms with E-state index in [0.29, 0.717) is 35.0 Å². The van der Waals surface area contributed by atoms with E-state index >= 15 is 0 Å². The third-order valence-electron chi connectivity index (χ3n) is 4.36. The molecule has 0 spiro atoms. The molecule has 1 saturated heterocycles. The summed E-state index contributed by atoms with van der Waals surface area (Å²) in [6, 6.07) is 8.32. The second-order valence-corrected chi connectivity index (χ2v) is 7.54. The molecule has 0 unspecified atom stereocenters. The maximum absolute atomic E-state index is 13.0. The number of imide groups is 1. The number of rotatable bonds is 7. The van der Waals surface area contributed by atoms with Gasteiger partial charge in [0.15, 0.2) is 11.5 Å². The number of ether oxygens (including phenoxy) is 1. The highest BCUT2D eigenvalue weighted by molar-refractivity contribution is 8.18. The number of anilines is 1. The number of hydrogen-bond donors (Lipinski definition) is 2. The number of phenols is 1. The lowest BCUT2D eigenvalue weighted by molar-refractivity contribution is -0.127. The van der Waals surface area contributed by atoms with E-state index in [1.807, 2.05) is 0 Å². The van der Waals surface area contributed by atoms with Crippen LogP contribution in [0.4, 0.5) is 14.9 Å². The van der Waals surface area contributed by atoms with Gasteiger partial charge in [-0.3, -0.25) is 19.3 Å². The monoisotopic (exact) mass is 442 g/mol. The van der Waals surface area contributed by atoms with Crippen LogP contribution in [0, 0.1) is 5.82 Å². The first-order chi connectivity index (χ1) is 14.8. The molecule has 160 valence electrons. The van der Waals surface area contributed by atoms with Gasteiger partial charge in [0.2, 0.25) is 5.91 Å². The minimum Gasteiger partial charge on any atom is -0.504 e. The lowest BCUT2D eigenvalue weighted by Crippen LogP contribution is -2.36. The summed E-state index contributed by atoms with van der Waals surface area (Å²) in [6.07, 6.45) is 3.50. The zero-order chi connectivity index (χ0) is 22.5. The van der Waals surface area contributed by atoms with Crippen LogP contribution in [-0.4, -0.2) is 40.7 Å². The van der Waals surface area contributed by atoms with Crippen molar-refractivity contribution >= 4 is 40.6 Å². The largest absolute Gasteiger partial charge is 0.504 e. The Morgan fingerprint density at radius 1 is 1.29 bits per heavy atom. The minimum absolute atomic E-state index is 0.0230. The van der Waals surface area contributed by atoms with Gasteiger partial charge in [0.25, 0.3) is 11.1 Å². The fraction of sp³-hybridized carbons (Fsp3) is 0.136. The van der Waals surface area contributed by atoms with Gasteiger partial charge < -0.3 is 15.2 Å². The van der Waals surface area contributed by atoms with Gasteiger partial charge in [-0.05, 0) is 66.2 Å². The number of hydrogen-bond acceptors (Lipinski definition) is 6. The molecule has 0 aliphatic carbocycles. The van der Waals surface area contributed by atoms with Crippen LogP contribution in [0.25, 0.3) is 6.08 Å². The van der Waals surface area contributed by atoms with Gasteiger partial charge in [0, 0.05) is 11.3 Å². The highest BCUT2D eigenvalue weighted by Gasteiger charge is 2.36. The van der Waals surface area contributed by atoms with E-state index in [2.05, 4.69) is 11.9 Å². The van der Waals surface area contributed by atoms with Crippen LogP contribution >= 0.6 is 11.8 Å². The Morgan fingerprint density at radius 3 is 2.65 bits per heavy atom. The summed E-state index contributed by atoms with van der Waals surface area (Å²) in [4.78, 5) is 38.1. The van der Waals surface area contributed by atoms with Crippen molar-refractivity contribution in [2.75, 3.05) is 19.0 Å². The fourth-order valence-electron chi connectivity index (χ4n) is 2.90. The van der Waals surface area contributed by atoms with Gasteiger partial charge in [-0.2, -0.15) is 0 Å². The van der Waals surface area contributed by atoms with Crippen LogP contribution < -0.4 is 10.1 Å². The van der Waals surface area contributed by atoms with E-state index in [4.69, 9.17) is 4.74 Å². The van der Waals surface area contributed by atoms with Crippen LogP contribution in [0.15, 0.2) is 54.0 Å². The highest BCUT2D eigenvalue weighted by atomic mass is 32.2. The van der Waals surface area contributed by atoms with E-state index < -0.39 is 29.4 Å². The summed E-state index contributed by atoms with van der Waals surface area (Å²) >= 11 is 0.709. The van der Waals surface area contributed by atoms with Crippen LogP contribution in [0.1, 0.15) is 11.1 Å². The number of benzene rings is 2. The van der Waals surface area contributed by atoms with E-state index in [0.717, 1.165) is 4.90 Å². The Morgan fingerprint density at radius 2 is 2.00 bits per heavy atom. The molecule has 0 atom stereocenters. The summed E-state index contributed by atoms with van der Waals surface area (Å²) in [6.45, 7) is 3.17. The number of carbonyl (C=O) groups excluding carboxylic acids is 3. The van der Waals surface area contributed by atoms with Crippen molar-refractivity contribution < 1.29 is 28.6 Å². The molecule has 9 heteroatoms. The number of nitrogens with one attached hydrogen (secondary N) is 1. The topological polar surface area (TPSA) is 95.9 Å². The number of carbonyl (C=O) groups is 3. The van der Waals surface area contributed by atoms with Crippen molar-refractivity contribution in [2.45, 2.75) is 6.42 Å². The Labute approximate surface area is 182 Å². The van der Waals surface area contributed by atoms with Crippen molar-refractivity contribution in [1.29, 1.82) is 0 Å². The summed E-state index contributed by atoms with van der Waals surface area (Å²) in [5.41, 5.74) is 1.45. The summed E-state index contributed by atoms with van der Waals surface area (Å²) in [5, 5.41) is 12.1. The summed E-state index contributed by atoms with van der Waals surface area (Å²) < 4.78 is 18.1. The van der Waals surface area contributed by atoms with Crippen molar-refractivity contribution in [2.24, 2.45) is 0 Å². The maximum Gasteiger partial charge on any atom is 0.294 e. The lowest BCUT2D eigenvalue weighted by atomic mass is 10.1. The first kappa shape index (κ1) is 22.1. The standard InChI is InChI=1S/C22H19FN2O5S/c1-3-4-14-9-13(10-17(30-2)20(14)27)11-18-21(28)25(22(29)31-18)12-19(26)24-16-7-5-15(23)6-8-16/h3,5-11,27H,1,4,12H2,2H3,(H,24,26)/b18-11-. The molecule has 1 aliphatic heterocycles. The molecule has 2 aromatic rings. The van der Waals surface area contributed by atoms with Crippen LogP contribution in [0.2, 0.25) is 0 Å². The number of methoxy groups -OCH3 is 1. The first-order valence-electron chi connectivity index (χ1n) is 9.14. The maximum atomic E-state index is 13.0. The molecule has 0 radical (unpaired) electrons. The quantitative estimate of drug-likeness (QED) is 0.498. The van der Waals surface area contributed by atoms with Crippen LogP contribution in [0.3, 0.4) is 0 Å². The second kappa shape index (κ2) is 9.48. The Balaban J connectivity index is 1.77. The average Bonchev–Trinajstić information content (AvgIpc) is 2.99. The smallest absolute Gasteiger partial charge is 0.294 e. The molecule has 1 aliphatic rings. The molecule has 0 aromatic heterocycles. The first-order valence-corrected chi connectivity index (χ1v) is 9.95. The molecule has 1 heterocycles. The number of amides is 3. The Bertz CT molecular complexity index is 1080. The second-order valence-electron chi connectivity index (χ2n) is 6.55. The van der Waals surface area contributed by atoms with Gasteiger partial charge >= 0.3 is 0 Å². The molecule has 3 amide bonds.